The number of anilines is 1. The minimum Gasteiger partial charge on any atom is -0.377 e. The second kappa shape index (κ2) is 7.98. The standard InChI is InChI=1S/C23H17ClN8O2/c24-16-6-7-31-19(16)23(33)32(15-4-2-1-3-5-15)21(29-31)17-12-34-9-8-30(17)22-18-14(10-25)11-26-20(18)27-13-28-22/h1-7,11,13,17H,8-9,12H2,(H,26,27,28). The molecular formula is C23H17ClN8O2. The number of hydrogen-bond donors (Lipinski definition) is 1. The zero-order valence-electron chi connectivity index (χ0n) is 17.7. The van der Waals surface area contributed by atoms with Gasteiger partial charge >= 0.3 is 0 Å². The predicted molar refractivity (Wildman–Crippen MR) is 125 cm³/mol. The van der Waals surface area contributed by atoms with Gasteiger partial charge in [0, 0.05) is 18.9 Å². The fourth-order valence-corrected chi connectivity index (χ4v) is 4.64. The van der Waals surface area contributed by atoms with Gasteiger partial charge in [0.15, 0.2) is 5.82 Å². The molecule has 168 valence electrons. The second-order valence-corrected chi connectivity index (χ2v) is 8.22. The van der Waals surface area contributed by atoms with E-state index in [4.69, 9.17) is 21.4 Å². The number of nitrogens with zero attached hydrogens (tertiary/aromatic N) is 7. The first-order valence-electron chi connectivity index (χ1n) is 10.6. The molecular weight excluding hydrogens is 456 g/mol. The van der Waals surface area contributed by atoms with Gasteiger partial charge in [-0.2, -0.15) is 10.4 Å². The van der Waals surface area contributed by atoms with E-state index in [-0.39, 0.29) is 12.2 Å². The average molecular weight is 473 g/mol. The van der Waals surface area contributed by atoms with Crippen LogP contribution in [0.5, 0.6) is 0 Å². The first-order valence-corrected chi connectivity index (χ1v) is 11.0. The SMILES string of the molecule is N#Cc1c[nH]c2ncnc(N3CCOCC3c3nn4ccc(Cl)c4c(=O)n3-c3ccccc3)c12. The van der Waals surface area contributed by atoms with Crippen molar-refractivity contribution < 1.29 is 4.74 Å². The first kappa shape index (κ1) is 20.4. The van der Waals surface area contributed by atoms with Gasteiger partial charge < -0.3 is 14.6 Å². The van der Waals surface area contributed by atoms with E-state index in [0.717, 1.165) is 0 Å². The van der Waals surface area contributed by atoms with Crippen molar-refractivity contribution in [2.45, 2.75) is 6.04 Å². The summed E-state index contributed by atoms with van der Waals surface area (Å²) in [6.45, 7) is 1.22. The summed E-state index contributed by atoms with van der Waals surface area (Å²) in [5.74, 6) is 1.05. The van der Waals surface area contributed by atoms with Gasteiger partial charge in [0.25, 0.3) is 5.56 Å². The third-order valence-electron chi connectivity index (χ3n) is 5.95. The molecule has 1 atom stereocenters. The Morgan fingerprint density at radius 1 is 1.21 bits per heavy atom. The first-order chi connectivity index (χ1) is 16.7. The number of aromatic nitrogens is 6. The quantitative estimate of drug-likeness (QED) is 0.429. The molecule has 5 heterocycles. The summed E-state index contributed by atoms with van der Waals surface area (Å²) < 4.78 is 8.90. The normalized spacial score (nSPS) is 16.2. The van der Waals surface area contributed by atoms with Crippen molar-refractivity contribution in [2.24, 2.45) is 0 Å². The number of nitriles is 1. The van der Waals surface area contributed by atoms with Crippen molar-refractivity contribution in [3.05, 3.63) is 81.9 Å². The molecule has 1 aliphatic rings. The Labute approximate surface area is 197 Å². The molecule has 34 heavy (non-hydrogen) atoms. The fraction of sp³-hybridized carbons (Fsp3) is 0.174. The molecule has 1 fully saturated rings. The lowest BCUT2D eigenvalue weighted by Crippen LogP contribution is -2.43. The summed E-state index contributed by atoms with van der Waals surface area (Å²) in [4.78, 5) is 27.5. The Morgan fingerprint density at radius 2 is 2.06 bits per heavy atom. The molecule has 0 spiro atoms. The van der Waals surface area contributed by atoms with E-state index in [1.807, 2.05) is 35.2 Å². The van der Waals surface area contributed by atoms with Crippen molar-refractivity contribution in [1.82, 2.24) is 29.1 Å². The van der Waals surface area contributed by atoms with Crippen LogP contribution in [0.2, 0.25) is 5.02 Å². The second-order valence-electron chi connectivity index (χ2n) is 7.81. The highest BCUT2D eigenvalue weighted by atomic mass is 35.5. The van der Waals surface area contributed by atoms with E-state index in [1.165, 1.54) is 10.8 Å². The van der Waals surface area contributed by atoms with Crippen LogP contribution in [0.3, 0.4) is 0 Å². The van der Waals surface area contributed by atoms with E-state index >= 15 is 0 Å². The third kappa shape index (κ3) is 3.06. The Balaban J connectivity index is 1.62. The molecule has 11 heteroatoms. The number of para-hydroxylation sites is 1. The highest BCUT2D eigenvalue weighted by Gasteiger charge is 2.33. The highest BCUT2D eigenvalue weighted by molar-refractivity contribution is 6.33. The molecule has 10 nitrogen and oxygen atoms in total. The average Bonchev–Trinajstić information content (AvgIpc) is 3.47. The summed E-state index contributed by atoms with van der Waals surface area (Å²) in [5, 5.41) is 15.4. The summed E-state index contributed by atoms with van der Waals surface area (Å²) in [6, 6.07) is 12.7. The Bertz CT molecular complexity index is 1630. The van der Waals surface area contributed by atoms with Crippen molar-refractivity contribution in [3.63, 3.8) is 0 Å². The van der Waals surface area contributed by atoms with Gasteiger partial charge in [-0.15, -0.1) is 0 Å². The molecule has 0 amide bonds. The highest BCUT2D eigenvalue weighted by Crippen LogP contribution is 2.34. The van der Waals surface area contributed by atoms with Gasteiger partial charge in [-0.05, 0) is 18.2 Å². The molecule has 1 aliphatic heterocycles. The Morgan fingerprint density at radius 3 is 2.88 bits per heavy atom. The molecule has 6 rings (SSSR count). The van der Waals surface area contributed by atoms with Crippen LogP contribution < -0.4 is 10.5 Å². The molecule has 0 saturated carbocycles. The summed E-state index contributed by atoms with van der Waals surface area (Å²) >= 11 is 6.33. The third-order valence-corrected chi connectivity index (χ3v) is 6.25. The maximum Gasteiger partial charge on any atom is 0.284 e. The largest absolute Gasteiger partial charge is 0.377 e. The minimum atomic E-state index is -0.466. The number of morpholine rings is 1. The van der Waals surface area contributed by atoms with Gasteiger partial charge in [0.05, 0.1) is 34.9 Å². The van der Waals surface area contributed by atoms with E-state index < -0.39 is 6.04 Å². The number of H-pyrrole nitrogens is 1. The van der Waals surface area contributed by atoms with E-state index in [9.17, 15) is 10.1 Å². The lowest BCUT2D eigenvalue weighted by Gasteiger charge is -2.37. The summed E-state index contributed by atoms with van der Waals surface area (Å²) in [5.41, 5.74) is 1.67. The van der Waals surface area contributed by atoms with E-state index in [2.05, 4.69) is 21.0 Å². The van der Waals surface area contributed by atoms with Crippen LogP contribution in [0, 0.1) is 11.3 Å². The molecule has 4 aromatic heterocycles. The maximum absolute atomic E-state index is 13.7. The number of ether oxygens (including phenoxy) is 1. The van der Waals surface area contributed by atoms with Gasteiger partial charge in [0.1, 0.15) is 35.4 Å². The van der Waals surface area contributed by atoms with Gasteiger partial charge in [-0.25, -0.2) is 14.5 Å². The maximum atomic E-state index is 13.7. The smallest absolute Gasteiger partial charge is 0.284 e. The Hall–Kier alpha value is -4.20. The molecule has 0 radical (unpaired) electrons. The van der Waals surface area contributed by atoms with Crippen molar-refractivity contribution >= 4 is 34.0 Å². The number of fused-ring (bicyclic) bond motifs is 2. The lowest BCUT2D eigenvalue weighted by molar-refractivity contribution is 0.0902. The van der Waals surface area contributed by atoms with Crippen LogP contribution in [-0.4, -0.2) is 48.9 Å². The van der Waals surface area contributed by atoms with E-state index in [0.29, 0.717) is 57.6 Å². The zero-order chi connectivity index (χ0) is 23.2. The van der Waals surface area contributed by atoms with Crippen molar-refractivity contribution in [1.29, 1.82) is 5.26 Å². The molecule has 5 aromatic rings. The Kier molecular flexibility index (Phi) is 4.79. The molecule has 1 aromatic carbocycles. The number of aromatic amines is 1. The fourth-order valence-electron chi connectivity index (χ4n) is 4.41. The number of benzene rings is 1. The topological polar surface area (TPSA) is 117 Å². The van der Waals surface area contributed by atoms with Crippen molar-refractivity contribution in [2.75, 3.05) is 24.7 Å². The van der Waals surface area contributed by atoms with Gasteiger partial charge in [-0.3, -0.25) is 9.36 Å². The minimum absolute atomic E-state index is 0.275. The van der Waals surface area contributed by atoms with Crippen LogP contribution in [-0.2, 0) is 4.74 Å². The van der Waals surface area contributed by atoms with Crippen molar-refractivity contribution in [3.8, 4) is 11.8 Å². The summed E-state index contributed by atoms with van der Waals surface area (Å²) in [7, 11) is 0. The zero-order valence-corrected chi connectivity index (χ0v) is 18.5. The van der Waals surface area contributed by atoms with E-state index in [1.54, 1.807) is 23.0 Å². The molecule has 1 saturated heterocycles. The molecule has 0 aliphatic carbocycles. The van der Waals surface area contributed by atoms with Crippen LogP contribution in [0.15, 0.2) is 59.9 Å². The number of hydrogen-bond acceptors (Lipinski definition) is 7. The number of halogens is 1. The summed E-state index contributed by atoms with van der Waals surface area (Å²) in [6.07, 6.45) is 4.73. The predicted octanol–water partition coefficient (Wildman–Crippen LogP) is 2.86. The molecule has 1 N–H and O–H groups in total. The number of nitrogens with one attached hydrogen (secondary N) is 1. The van der Waals surface area contributed by atoms with Gasteiger partial charge in [-0.1, -0.05) is 29.8 Å². The lowest BCUT2D eigenvalue weighted by atomic mass is 10.1. The van der Waals surface area contributed by atoms with Crippen LogP contribution in [0.1, 0.15) is 17.4 Å². The van der Waals surface area contributed by atoms with Crippen LogP contribution in [0.25, 0.3) is 22.2 Å². The van der Waals surface area contributed by atoms with Gasteiger partial charge in [0.2, 0.25) is 0 Å². The monoisotopic (exact) mass is 472 g/mol. The number of rotatable bonds is 3. The molecule has 1 unspecified atom stereocenters. The van der Waals surface area contributed by atoms with Crippen LogP contribution >= 0.6 is 11.6 Å². The van der Waals surface area contributed by atoms with Crippen LogP contribution in [0.4, 0.5) is 5.82 Å². The molecule has 0 bridgehead atoms.